The molecule has 1 saturated heterocycles. The van der Waals surface area contributed by atoms with E-state index in [1.807, 2.05) is 6.07 Å². The molecule has 9 heteroatoms. The molecule has 1 amide bonds. The summed E-state index contributed by atoms with van der Waals surface area (Å²) in [6, 6.07) is 12.6. The maximum absolute atomic E-state index is 15.1. The number of benzene rings is 2. The van der Waals surface area contributed by atoms with Gasteiger partial charge in [-0.05, 0) is 50.0 Å². The molecular weight excluding hydrogens is 461 g/mol. The summed E-state index contributed by atoms with van der Waals surface area (Å²) >= 11 is 0. The van der Waals surface area contributed by atoms with E-state index >= 15 is 4.39 Å². The number of nitrogen functional groups attached to an aromatic ring is 1. The van der Waals surface area contributed by atoms with Gasteiger partial charge in [0, 0.05) is 25.0 Å². The molecule has 1 aliphatic rings. The van der Waals surface area contributed by atoms with Crippen LogP contribution in [0.15, 0.2) is 60.9 Å². The molecule has 1 atom stereocenters. The number of ether oxygens (including phenoxy) is 1. The monoisotopic (exact) mass is 483 g/mol. The van der Waals surface area contributed by atoms with Gasteiger partial charge in [0.1, 0.15) is 40.2 Å². The summed E-state index contributed by atoms with van der Waals surface area (Å²) in [5, 5.41) is 0. The minimum absolute atomic E-state index is 0.0351. The number of likely N-dealkylation sites (tertiary alicyclic amines) is 1. The average Bonchev–Trinajstić information content (AvgIpc) is 3.50. The molecule has 5 rings (SSSR count). The van der Waals surface area contributed by atoms with Crippen LogP contribution in [0.25, 0.3) is 5.52 Å². The van der Waals surface area contributed by atoms with E-state index < -0.39 is 17.6 Å². The summed E-state index contributed by atoms with van der Waals surface area (Å²) < 4.78 is 22.4. The Kier molecular flexibility index (Phi) is 6.09. The van der Waals surface area contributed by atoms with Crippen LogP contribution in [0.5, 0.6) is 11.5 Å². The first-order valence-corrected chi connectivity index (χ1v) is 11.4. The van der Waals surface area contributed by atoms with Gasteiger partial charge < -0.3 is 15.4 Å². The zero-order chi connectivity index (χ0) is 25.2. The van der Waals surface area contributed by atoms with Crippen molar-refractivity contribution in [3.05, 3.63) is 83.8 Å². The zero-order valence-corrected chi connectivity index (χ0v) is 19.4. The van der Waals surface area contributed by atoms with Crippen LogP contribution < -0.4 is 10.5 Å². The number of halogens is 1. The van der Waals surface area contributed by atoms with E-state index in [0.29, 0.717) is 24.5 Å². The Morgan fingerprint density at radius 3 is 2.72 bits per heavy atom. The van der Waals surface area contributed by atoms with E-state index in [1.54, 1.807) is 46.7 Å². The molecule has 4 aromatic rings. The van der Waals surface area contributed by atoms with Gasteiger partial charge in [0.2, 0.25) is 5.78 Å². The summed E-state index contributed by atoms with van der Waals surface area (Å²) in [7, 11) is 0. The Hall–Kier alpha value is -4.71. The molecule has 180 valence electrons. The van der Waals surface area contributed by atoms with Crippen LogP contribution in [0, 0.1) is 17.7 Å². The Balaban J connectivity index is 1.54. The Bertz CT molecular complexity index is 1540. The lowest BCUT2D eigenvalue weighted by molar-refractivity contribution is -0.126. The second-order valence-corrected chi connectivity index (χ2v) is 8.27. The van der Waals surface area contributed by atoms with Crippen LogP contribution in [0.3, 0.4) is 0 Å². The quantitative estimate of drug-likeness (QED) is 0.338. The Morgan fingerprint density at radius 1 is 1.17 bits per heavy atom. The van der Waals surface area contributed by atoms with Crippen LogP contribution in [0.4, 0.5) is 10.2 Å². The maximum atomic E-state index is 15.1. The molecule has 0 aliphatic carbocycles. The highest BCUT2D eigenvalue weighted by Crippen LogP contribution is 2.34. The molecule has 2 N–H and O–H groups in total. The molecular formula is C27H22FN5O3. The van der Waals surface area contributed by atoms with Crippen LogP contribution >= 0.6 is 0 Å². The molecule has 3 heterocycles. The Morgan fingerprint density at radius 2 is 1.97 bits per heavy atom. The van der Waals surface area contributed by atoms with Crippen molar-refractivity contribution in [2.24, 2.45) is 0 Å². The smallest absolute Gasteiger partial charge is 0.299 e. The van der Waals surface area contributed by atoms with Gasteiger partial charge >= 0.3 is 0 Å². The van der Waals surface area contributed by atoms with Crippen LogP contribution in [0.2, 0.25) is 0 Å². The number of nitrogens with zero attached hydrogens (tertiary/aromatic N) is 4. The highest BCUT2D eigenvalue weighted by molar-refractivity contribution is 6.13. The number of anilines is 1. The lowest BCUT2D eigenvalue weighted by Crippen LogP contribution is -2.30. The fourth-order valence-electron chi connectivity index (χ4n) is 4.43. The van der Waals surface area contributed by atoms with Crippen molar-refractivity contribution in [2.45, 2.75) is 25.8 Å². The number of hydrogen-bond donors (Lipinski definition) is 1. The maximum Gasteiger partial charge on any atom is 0.299 e. The highest BCUT2D eigenvalue weighted by atomic mass is 19.1. The molecule has 1 fully saturated rings. The van der Waals surface area contributed by atoms with Crippen molar-refractivity contribution < 1.29 is 18.7 Å². The van der Waals surface area contributed by atoms with Gasteiger partial charge in [0.25, 0.3) is 5.91 Å². The van der Waals surface area contributed by atoms with Gasteiger partial charge in [0.05, 0.1) is 11.6 Å². The van der Waals surface area contributed by atoms with Crippen LogP contribution in [0.1, 0.15) is 47.7 Å². The summed E-state index contributed by atoms with van der Waals surface area (Å²) in [6.45, 7) is 2.12. The van der Waals surface area contributed by atoms with Gasteiger partial charge in [-0.3, -0.25) is 14.0 Å². The van der Waals surface area contributed by atoms with Gasteiger partial charge in [-0.2, -0.15) is 0 Å². The minimum atomic E-state index is -0.755. The van der Waals surface area contributed by atoms with Gasteiger partial charge in [-0.1, -0.05) is 24.1 Å². The van der Waals surface area contributed by atoms with Crippen molar-refractivity contribution in [1.82, 2.24) is 19.3 Å². The first-order chi connectivity index (χ1) is 17.5. The molecule has 0 saturated carbocycles. The highest BCUT2D eigenvalue weighted by Gasteiger charge is 2.34. The number of amides is 1. The molecule has 36 heavy (non-hydrogen) atoms. The zero-order valence-electron chi connectivity index (χ0n) is 19.4. The number of rotatable bonds is 5. The molecule has 0 spiro atoms. The molecule has 8 nitrogen and oxygen atoms in total. The lowest BCUT2D eigenvalue weighted by Gasteiger charge is -2.21. The van der Waals surface area contributed by atoms with Crippen molar-refractivity contribution >= 4 is 23.0 Å². The Labute approximate surface area is 206 Å². The number of carbonyl (C=O) groups excluding carboxylic acids is 2. The number of imidazole rings is 1. The molecule has 0 bridgehead atoms. The summed E-state index contributed by atoms with van der Waals surface area (Å²) in [4.78, 5) is 36.4. The van der Waals surface area contributed by atoms with Gasteiger partial charge in [-0.25, -0.2) is 14.4 Å². The number of fused-ring (bicyclic) bond motifs is 1. The topological polar surface area (TPSA) is 103 Å². The van der Waals surface area contributed by atoms with E-state index in [0.717, 1.165) is 12.5 Å². The van der Waals surface area contributed by atoms with Crippen molar-refractivity contribution in [1.29, 1.82) is 0 Å². The van der Waals surface area contributed by atoms with E-state index in [9.17, 15) is 9.59 Å². The summed E-state index contributed by atoms with van der Waals surface area (Å²) in [5.41, 5.74) is 6.19. The normalized spacial score (nSPS) is 14.9. The fourth-order valence-corrected chi connectivity index (χ4v) is 4.43. The second kappa shape index (κ2) is 9.50. The first-order valence-electron chi connectivity index (χ1n) is 11.4. The summed E-state index contributed by atoms with van der Waals surface area (Å²) in [6.07, 6.45) is 4.53. The number of ketones is 1. The fraction of sp³-hybridized carbons (Fsp3) is 0.185. The van der Waals surface area contributed by atoms with Crippen LogP contribution in [-0.2, 0) is 4.79 Å². The van der Waals surface area contributed by atoms with E-state index in [1.165, 1.54) is 18.3 Å². The molecule has 2 aromatic carbocycles. The molecule has 2 aromatic heterocycles. The summed E-state index contributed by atoms with van der Waals surface area (Å²) in [5.74, 6) is 4.81. The lowest BCUT2D eigenvalue weighted by atomic mass is 10.1. The molecule has 1 aliphatic heterocycles. The number of hydrogen-bond acceptors (Lipinski definition) is 6. The largest absolute Gasteiger partial charge is 0.457 e. The van der Waals surface area contributed by atoms with Gasteiger partial charge in [0.15, 0.2) is 0 Å². The third-order valence-electron chi connectivity index (χ3n) is 6.03. The minimum Gasteiger partial charge on any atom is -0.457 e. The first kappa shape index (κ1) is 23.1. The van der Waals surface area contributed by atoms with E-state index in [2.05, 4.69) is 21.8 Å². The predicted molar refractivity (Wildman–Crippen MR) is 131 cm³/mol. The number of para-hydroxylation sites is 1. The number of aromatic nitrogens is 3. The van der Waals surface area contributed by atoms with Gasteiger partial charge in [-0.15, -0.1) is 0 Å². The second-order valence-electron chi connectivity index (χ2n) is 8.27. The van der Waals surface area contributed by atoms with Crippen molar-refractivity contribution in [3.63, 3.8) is 0 Å². The SMILES string of the molecule is CC#CC(=O)N1CCC[C@H]1c1nc(C(=O)c2ccc(Oc3ccccc3)cc2F)c2c(N)nccn12. The van der Waals surface area contributed by atoms with E-state index in [4.69, 9.17) is 10.5 Å². The van der Waals surface area contributed by atoms with Crippen LogP contribution in [-0.4, -0.2) is 37.5 Å². The van der Waals surface area contributed by atoms with Crippen molar-refractivity contribution in [2.75, 3.05) is 12.3 Å². The van der Waals surface area contributed by atoms with Crippen molar-refractivity contribution in [3.8, 4) is 23.3 Å². The number of carbonyl (C=O) groups is 2. The average molecular weight is 484 g/mol. The third-order valence-corrected chi connectivity index (χ3v) is 6.03. The molecule has 0 unspecified atom stereocenters. The number of nitrogens with two attached hydrogens (primary N) is 1. The molecule has 0 radical (unpaired) electrons. The predicted octanol–water partition coefficient (Wildman–Crippen LogP) is 4.16. The van der Waals surface area contributed by atoms with E-state index in [-0.39, 0.29) is 34.2 Å². The standard InChI is InChI=1S/C27H22FN5O3/c1-2-7-22(34)32-14-6-10-21(32)27-31-23(24-26(29)30-13-15-33(24)27)25(35)19-12-11-18(16-20(19)28)36-17-8-4-3-5-9-17/h3-5,8-9,11-13,15-16,21H,6,10,14H2,1H3,(H2,29,30)/t21-/m0/s1. The third kappa shape index (κ3) is 4.14.